The van der Waals surface area contributed by atoms with E-state index in [0.717, 1.165) is 22.8 Å². The van der Waals surface area contributed by atoms with Crippen molar-refractivity contribution >= 4 is 31.9 Å². The second kappa shape index (κ2) is 7.42. The molecule has 0 radical (unpaired) electrons. The van der Waals surface area contributed by atoms with Gasteiger partial charge >= 0.3 is 0 Å². The maximum absolute atomic E-state index is 5.07. The van der Waals surface area contributed by atoms with Gasteiger partial charge in [0.2, 0.25) is 0 Å². The van der Waals surface area contributed by atoms with E-state index in [-0.39, 0.29) is 0 Å². The minimum atomic E-state index is 0.591. The minimum Gasteiger partial charge on any atom is -0.385 e. The minimum absolute atomic E-state index is 0.591. The molecule has 0 spiro atoms. The molecular weight excluding hydrogens is 320 g/mol. The average Bonchev–Trinajstić information content (AvgIpc) is 2.26. The van der Waals surface area contributed by atoms with Crippen LogP contribution in [0.3, 0.4) is 0 Å². The van der Waals surface area contributed by atoms with Gasteiger partial charge in [0.25, 0.3) is 0 Å². The first-order chi connectivity index (χ1) is 7.27. The second-order valence-corrected chi connectivity index (χ2v) is 5.10. The summed E-state index contributed by atoms with van der Waals surface area (Å²) in [5.74, 6) is 0.591. The highest BCUT2D eigenvalue weighted by Crippen LogP contribution is 2.24. The molecule has 84 valence electrons. The van der Waals surface area contributed by atoms with Crippen molar-refractivity contribution in [1.29, 1.82) is 0 Å². The maximum Gasteiger partial charge on any atom is 0.0462 e. The van der Waals surface area contributed by atoms with E-state index in [1.165, 1.54) is 12.0 Å². The Morgan fingerprint density at radius 2 is 1.93 bits per heavy atom. The third-order valence-electron chi connectivity index (χ3n) is 2.43. The SMILES string of the molecule is COCCCC(CBr)c1ccc(Br)cc1. The van der Waals surface area contributed by atoms with Crippen LogP contribution in [-0.4, -0.2) is 19.0 Å². The highest BCUT2D eigenvalue weighted by atomic mass is 79.9. The molecule has 0 bridgehead atoms. The molecule has 0 aromatic heterocycles. The molecule has 1 unspecified atom stereocenters. The first-order valence-electron chi connectivity index (χ1n) is 5.08. The van der Waals surface area contributed by atoms with E-state index in [9.17, 15) is 0 Å². The molecular formula is C12H16Br2O. The number of hydrogen-bond donors (Lipinski definition) is 0. The highest BCUT2D eigenvalue weighted by molar-refractivity contribution is 9.10. The van der Waals surface area contributed by atoms with Gasteiger partial charge in [0.05, 0.1) is 0 Å². The van der Waals surface area contributed by atoms with Crippen LogP contribution in [0.2, 0.25) is 0 Å². The van der Waals surface area contributed by atoms with Crippen molar-refractivity contribution in [1.82, 2.24) is 0 Å². The van der Waals surface area contributed by atoms with Gasteiger partial charge in [-0.1, -0.05) is 44.0 Å². The van der Waals surface area contributed by atoms with Crippen molar-refractivity contribution in [3.8, 4) is 0 Å². The number of alkyl halides is 1. The normalized spacial score (nSPS) is 12.7. The van der Waals surface area contributed by atoms with Crippen LogP contribution in [0.4, 0.5) is 0 Å². The number of benzene rings is 1. The summed E-state index contributed by atoms with van der Waals surface area (Å²) in [6, 6.07) is 8.56. The molecule has 0 saturated heterocycles. The van der Waals surface area contributed by atoms with E-state index in [2.05, 4.69) is 56.1 Å². The zero-order valence-electron chi connectivity index (χ0n) is 8.88. The third-order valence-corrected chi connectivity index (χ3v) is 3.74. The van der Waals surface area contributed by atoms with E-state index in [1.807, 2.05) is 0 Å². The van der Waals surface area contributed by atoms with Crippen LogP contribution in [-0.2, 0) is 4.74 Å². The van der Waals surface area contributed by atoms with Crippen LogP contribution in [0, 0.1) is 0 Å². The Labute approximate surface area is 108 Å². The van der Waals surface area contributed by atoms with E-state index < -0.39 is 0 Å². The monoisotopic (exact) mass is 334 g/mol. The zero-order chi connectivity index (χ0) is 11.1. The van der Waals surface area contributed by atoms with Gasteiger partial charge in [0.1, 0.15) is 0 Å². The lowest BCUT2D eigenvalue weighted by Crippen LogP contribution is -2.02. The van der Waals surface area contributed by atoms with Gasteiger partial charge in [-0.2, -0.15) is 0 Å². The molecule has 1 aromatic rings. The van der Waals surface area contributed by atoms with Gasteiger partial charge in [-0.25, -0.2) is 0 Å². The molecule has 0 amide bonds. The topological polar surface area (TPSA) is 9.23 Å². The third kappa shape index (κ3) is 4.66. The Kier molecular flexibility index (Phi) is 6.53. The molecule has 3 heteroatoms. The van der Waals surface area contributed by atoms with Crippen molar-refractivity contribution in [3.05, 3.63) is 34.3 Å². The molecule has 0 saturated carbocycles. The Balaban J connectivity index is 2.53. The van der Waals surface area contributed by atoms with Gasteiger partial charge in [0, 0.05) is 23.5 Å². The molecule has 0 aliphatic carbocycles. The summed E-state index contributed by atoms with van der Waals surface area (Å²) >= 11 is 7.02. The first kappa shape index (κ1) is 13.2. The summed E-state index contributed by atoms with van der Waals surface area (Å²) in [6.45, 7) is 0.847. The number of methoxy groups -OCH3 is 1. The molecule has 0 aliphatic rings. The van der Waals surface area contributed by atoms with Gasteiger partial charge in [0.15, 0.2) is 0 Å². The number of halogens is 2. The fourth-order valence-electron chi connectivity index (χ4n) is 1.54. The van der Waals surface area contributed by atoms with Crippen molar-refractivity contribution in [2.24, 2.45) is 0 Å². The van der Waals surface area contributed by atoms with Crippen molar-refractivity contribution in [2.75, 3.05) is 19.0 Å². The molecule has 0 fully saturated rings. The smallest absolute Gasteiger partial charge is 0.0462 e. The van der Waals surface area contributed by atoms with Crippen molar-refractivity contribution < 1.29 is 4.74 Å². The first-order valence-corrected chi connectivity index (χ1v) is 6.99. The Bertz CT molecular complexity index is 271. The number of hydrogen-bond acceptors (Lipinski definition) is 1. The van der Waals surface area contributed by atoms with Gasteiger partial charge in [-0.3, -0.25) is 0 Å². The zero-order valence-corrected chi connectivity index (χ0v) is 12.1. The average molecular weight is 336 g/mol. The van der Waals surface area contributed by atoms with E-state index in [1.54, 1.807) is 7.11 Å². The van der Waals surface area contributed by atoms with Gasteiger partial charge < -0.3 is 4.74 Å². The lowest BCUT2D eigenvalue weighted by molar-refractivity contribution is 0.191. The molecule has 1 atom stereocenters. The number of ether oxygens (including phenoxy) is 1. The highest BCUT2D eigenvalue weighted by Gasteiger charge is 2.09. The summed E-state index contributed by atoms with van der Waals surface area (Å²) in [5.41, 5.74) is 1.39. The largest absolute Gasteiger partial charge is 0.385 e. The molecule has 0 heterocycles. The second-order valence-electron chi connectivity index (χ2n) is 3.54. The van der Waals surface area contributed by atoms with E-state index >= 15 is 0 Å². The predicted molar refractivity (Wildman–Crippen MR) is 71.8 cm³/mol. The summed E-state index contributed by atoms with van der Waals surface area (Å²) in [4.78, 5) is 0. The summed E-state index contributed by atoms with van der Waals surface area (Å²) in [6.07, 6.45) is 2.28. The van der Waals surface area contributed by atoms with Crippen LogP contribution in [0.25, 0.3) is 0 Å². The molecule has 0 N–H and O–H groups in total. The molecule has 1 aromatic carbocycles. The Morgan fingerprint density at radius 3 is 2.47 bits per heavy atom. The quantitative estimate of drug-likeness (QED) is 0.554. The molecule has 1 rings (SSSR count). The van der Waals surface area contributed by atoms with Crippen molar-refractivity contribution in [2.45, 2.75) is 18.8 Å². The standard InChI is InChI=1S/C12H16Br2O/c1-15-8-2-3-11(9-13)10-4-6-12(14)7-5-10/h4-7,11H,2-3,8-9H2,1H3. The predicted octanol–water partition coefficient (Wildman–Crippen LogP) is 4.35. The summed E-state index contributed by atoms with van der Waals surface area (Å²) in [7, 11) is 1.75. The summed E-state index contributed by atoms with van der Waals surface area (Å²) < 4.78 is 6.20. The van der Waals surface area contributed by atoms with Crippen LogP contribution >= 0.6 is 31.9 Å². The lowest BCUT2D eigenvalue weighted by Gasteiger charge is -2.14. The van der Waals surface area contributed by atoms with E-state index in [0.29, 0.717) is 5.92 Å². The Morgan fingerprint density at radius 1 is 1.27 bits per heavy atom. The van der Waals surface area contributed by atoms with E-state index in [4.69, 9.17) is 4.74 Å². The fraction of sp³-hybridized carbons (Fsp3) is 0.500. The van der Waals surface area contributed by atoms with Crippen LogP contribution < -0.4 is 0 Å². The van der Waals surface area contributed by atoms with Crippen molar-refractivity contribution in [3.63, 3.8) is 0 Å². The molecule has 0 aliphatic heterocycles. The maximum atomic E-state index is 5.07. The molecule has 15 heavy (non-hydrogen) atoms. The van der Waals surface area contributed by atoms with Gasteiger partial charge in [-0.15, -0.1) is 0 Å². The van der Waals surface area contributed by atoms with Crippen LogP contribution in [0.15, 0.2) is 28.7 Å². The lowest BCUT2D eigenvalue weighted by atomic mass is 9.96. The summed E-state index contributed by atoms with van der Waals surface area (Å²) in [5, 5.41) is 1.01. The van der Waals surface area contributed by atoms with Gasteiger partial charge in [-0.05, 0) is 36.5 Å². The number of rotatable bonds is 6. The molecule has 1 nitrogen and oxygen atoms in total. The Hall–Kier alpha value is 0.140. The van der Waals surface area contributed by atoms with Crippen LogP contribution in [0.5, 0.6) is 0 Å². The van der Waals surface area contributed by atoms with Crippen LogP contribution in [0.1, 0.15) is 24.3 Å². The fourth-order valence-corrected chi connectivity index (χ4v) is 2.50.